The average molecular weight is 147 g/mol. The first-order valence-corrected chi connectivity index (χ1v) is 3.95. The molecule has 0 spiro atoms. The van der Waals surface area contributed by atoms with E-state index in [0.717, 1.165) is 12.8 Å². The smallest absolute Gasteiger partial charge is 0.113 e. The van der Waals surface area contributed by atoms with Gasteiger partial charge in [0.2, 0.25) is 0 Å². The van der Waals surface area contributed by atoms with Crippen LogP contribution in [0.2, 0.25) is 0 Å². The van der Waals surface area contributed by atoms with Crippen molar-refractivity contribution in [3.63, 3.8) is 0 Å². The van der Waals surface area contributed by atoms with E-state index in [-0.39, 0.29) is 11.5 Å². The van der Waals surface area contributed by atoms with Gasteiger partial charge >= 0.3 is 0 Å². The third kappa shape index (κ3) is 6.19. The van der Waals surface area contributed by atoms with Gasteiger partial charge in [0, 0.05) is 0 Å². The van der Waals surface area contributed by atoms with Crippen LogP contribution < -0.4 is 0 Å². The zero-order chi connectivity index (χ0) is 7.28. The first-order chi connectivity index (χ1) is 4.16. The normalized spacial score (nSPS) is 14.3. The van der Waals surface area contributed by atoms with Crippen LogP contribution in [-0.2, 0) is 4.74 Å². The molecule has 1 atom stereocenters. The molecule has 0 fully saturated rings. The van der Waals surface area contributed by atoms with Gasteiger partial charge in [-0.05, 0) is 20.3 Å². The second-order valence-corrected chi connectivity index (χ2v) is 2.93. The number of rotatable bonds is 4. The highest BCUT2D eigenvalue weighted by atomic mass is 32.1. The molecule has 0 aliphatic rings. The van der Waals surface area contributed by atoms with Crippen molar-refractivity contribution >= 4 is 12.6 Å². The summed E-state index contributed by atoms with van der Waals surface area (Å²) < 4.78 is 5.31. The second-order valence-electron chi connectivity index (χ2n) is 2.40. The molecule has 0 rings (SSSR count). The zero-order valence-corrected chi connectivity index (χ0v) is 7.20. The van der Waals surface area contributed by atoms with E-state index in [1.54, 1.807) is 0 Å². The maximum Gasteiger partial charge on any atom is 0.113 e. The van der Waals surface area contributed by atoms with Crippen LogP contribution in [0.25, 0.3) is 0 Å². The lowest BCUT2D eigenvalue weighted by atomic mass is 10.3. The maximum absolute atomic E-state index is 5.31. The molecule has 0 aliphatic carbocycles. The van der Waals surface area contributed by atoms with Crippen molar-refractivity contribution < 1.29 is 4.74 Å². The van der Waals surface area contributed by atoms with Crippen LogP contribution in [0.15, 0.2) is 0 Å². The minimum Gasteiger partial charge on any atom is -0.364 e. The number of hydrogen-bond acceptors (Lipinski definition) is 1. The fourth-order valence-electron chi connectivity index (χ4n) is 0.607. The van der Waals surface area contributed by atoms with Crippen LogP contribution >= 0.6 is 12.6 Å². The molecule has 0 aliphatic heterocycles. The lowest BCUT2D eigenvalue weighted by Gasteiger charge is -2.12. The molecule has 1 unspecified atom stereocenters. The van der Waals surface area contributed by atoms with E-state index in [1.807, 2.05) is 13.8 Å². The molecular weight excluding hydrogens is 132 g/mol. The Hall–Kier alpha value is 0.310. The number of hydrogen-bond donors (Lipinski definition) is 0. The molecular formula is C7H15OS. The van der Waals surface area contributed by atoms with Crippen molar-refractivity contribution in [3.8, 4) is 0 Å². The Labute approximate surface area is 63.2 Å². The summed E-state index contributed by atoms with van der Waals surface area (Å²) in [6.45, 7) is 6.13. The van der Waals surface area contributed by atoms with Crippen molar-refractivity contribution in [1.29, 1.82) is 0 Å². The van der Waals surface area contributed by atoms with Crippen LogP contribution in [0, 0.1) is 0 Å². The van der Waals surface area contributed by atoms with E-state index < -0.39 is 0 Å². The van der Waals surface area contributed by atoms with E-state index in [4.69, 9.17) is 17.4 Å². The first-order valence-electron chi connectivity index (χ1n) is 3.48. The minimum atomic E-state index is 0.0231. The second kappa shape index (κ2) is 5.12. The van der Waals surface area contributed by atoms with Gasteiger partial charge in [0.1, 0.15) is 5.44 Å². The summed E-state index contributed by atoms with van der Waals surface area (Å²) in [4.78, 5) is 0. The summed E-state index contributed by atoms with van der Waals surface area (Å²) in [6.07, 6.45) is 2.38. The highest BCUT2D eigenvalue weighted by Gasteiger charge is 2.03. The van der Waals surface area contributed by atoms with Crippen molar-refractivity contribution in [2.24, 2.45) is 0 Å². The Morgan fingerprint density at radius 2 is 2.00 bits per heavy atom. The van der Waals surface area contributed by atoms with Crippen LogP contribution in [0.1, 0.15) is 33.6 Å². The Balaban J connectivity index is 3.15. The fourth-order valence-corrected chi connectivity index (χ4v) is 1.07. The highest BCUT2D eigenvalue weighted by molar-refractivity contribution is 7.80. The van der Waals surface area contributed by atoms with Crippen LogP contribution in [-0.4, -0.2) is 11.5 Å². The van der Waals surface area contributed by atoms with Crippen molar-refractivity contribution in [3.05, 3.63) is 0 Å². The van der Waals surface area contributed by atoms with Crippen molar-refractivity contribution in [2.75, 3.05) is 0 Å². The third-order valence-electron chi connectivity index (χ3n) is 0.948. The highest BCUT2D eigenvalue weighted by Crippen LogP contribution is 2.08. The van der Waals surface area contributed by atoms with Gasteiger partial charge in [-0.15, -0.1) is 0 Å². The van der Waals surface area contributed by atoms with Gasteiger partial charge in [0.15, 0.2) is 0 Å². The maximum atomic E-state index is 5.31. The van der Waals surface area contributed by atoms with E-state index in [2.05, 4.69) is 6.92 Å². The summed E-state index contributed by atoms with van der Waals surface area (Å²) >= 11 is 4.99. The van der Waals surface area contributed by atoms with Gasteiger partial charge in [-0.1, -0.05) is 26.0 Å². The molecule has 2 heteroatoms. The Morgan fingerprint density at radius 3 is 2.33 bits per heavy atom. The molecule has 0 saturated heterocycles. The molecule has 1 radical (unpaired) electrons. The third-order valence-corrected chi connectivity index (χ3v) is 1.30. The molecule has 0 heterocycles. The predicted molar refractivity (Wildman–Crippen MR) is 42.5 cm³/mol. The molecule has 1 nitrogen and oxygen atoms in total. The largest absolute Gasteiger partial charge is 0.364 e. The molecule has 0 saturated carbocycles. The van der Waals surface area contributed by atoms with Gasteiger partial charge in [0.25, 0.3) is 0 Å². The number of ether oxygens (including phenoxy) is 1. The lowest BCUT2D eigenvalue weighted by molar-refractivity contribution is 0.0560. The first kappa shape index (κ1) is 9.31. The van der Waals surface area contributed by atoms with Crippen molar-refractivity contribution in [2.45, 2.75) is 45.2 Å². The summed E-state index contributed by atoms with van der Waals surface area (Å²) in [5, 5.41) is 0. The Bertz CT molecular complexity index is 63.9. The van der Waals surface area contributed by atoms with Gasteiger partial charge in [-0.25, -0.2) is 0 Å². The monoisotopic (exact) mass is 147 g/mol. The van der Waals surface area contributed by atoms with Crippen LogP contribution in [0.5, 0.6) is 0 Å². The summed E-state index contributed by atoms with van der Waals surface area (Å²) in [5.74, 6) is 0. The van der Waals surface area contributed by atoms with E-state index in [0.29, 0.717) is 0 Å². The standard InChI is InChI=1S/C7H15OS/c1-4-5-7(9)8-6(2)3/h6-7H,4-5H2,1-3H3. The fraction of sp³-hybridized carbons (Fsp3) is 1.00. The molecule has 0 N–H and O–H groups in total. The Morgan fingerprint density at radius 1 is 1.44 bits per heavy atom. The molecule has 0 aromatic heterocycles. The van der Waals surface area contributed by atoms with Gasteiger partial charge < -0.3 is 4.74 Å². The molecule has 9 heavy (non-hydrogen) atoms. The van der Waals surface area contributed by atoms with E-state index in [9.17, 15) is 0 Å². The molecule has 0 amide bonds. The van der Waals surface area contributed by atoms with Gasteiger partial charge in [-0.2, -0.15) is 0 Å². The molecule has 55 valence electrons. The van der Waals surface area contributed by atoms with Crippen LogP contribution in [0.3, 0.4) is 0 Å². The summed E-state index contributed by atoms with van der Waals surface area (Å²) in [6, 6.07) is 0. The molecule has 0 bridgehead atoms. The topological polar surface area (TPSA) is 9.23 Å². The SMILES string of the molecule is CCCC([S])OC(C)C. The predicted octanol–water partition coefficient (Wildman–Crippen LogP) is 2.74. The molecule has 0 aromatic rings. The summed E-state index contributed by atoms with van der Waals surface area (Å²) in [5.41, 5.74) is 0.0231. The van der Waals surface area contributed by atoms with Crippen LogP contribution in [0.4, 0.5) is 0 Å². The zero-order valence-electron chi connectivity index (χ0n) is 6.39. The van der Waals surface area contributed by atoms with Gasteiger partial charge in [0.05, 0.1) is 6.10 Å². The summed E-state index contributed by atoms with van der Waals surface area (Å²) in [7, 11) is 0. The van der Waals surface area contributed by atoms with Crippen molar-refractivity contribution in [1.82, 2.24) is 0 Å². The lowest BCUT2D eigenvalue weighted by Crippen LogP contribution is -2.11. The van der Waals surface area contributed by atoms with E-state index >= 15 is 0 Å². The van der Waals surface area contributed by atoms with E-state index in [1.165, 1.54) is 0 Å². The Kier molecular flexibility index (Phi) is 5.30. The molecule has 0 aromatic carbocycles. The van der Waals surface area contributed by atoms with Gasteiger partial charge in [-0.3, -0.25) is 0 Å². The quantitative estimate of drug-likeness (QED) is 0.594. The average Bonchev–Trinajstić information content (AvgIpc) is 1.63. The minimum absolute atomic E-state index is 0.0231.